The molecule has 0 saturated carbocycles. The Bertz CT molecular complexity index is 653. The molecule has 0 spiro atoms. The first kappa shape index (κ1) is 15.8. The van der Waals surface area contributed by atoms with Crippen LogP contribution in [0.25, 0.3) is 0 Å². The number of hydrogen-bond acceptors (Lipinski definition) is 3. The Morgan fingerprint density at radius 3 is 2.50 bits per heavy atom. The molecule has 114 valence electrons. The highest BCUT2D eigenvalue weighted by Crippen LogP contribution is 2.19. The maximum absolute atomic E-state index is 12.5. The zero-order chi connectivity index (χ0) is 15.9. The second kappa shape index (κ2) is 7.41. The van der Waals surface area contributed by atoms with Crippen LogP contribution in [0, 0.1) is 6.92 Å². The molecule has 0 radical (unpaired) electrons. The number of anilines is 1. The predicted molar refractivity (Wildman–Crippen MR) is 88.2 cm³/mol. The zero-order valence-corrected chi connectivity index (χ0v) is 12.8. The fourth-order valence-corrected chi connectivity index (χ4v) is 2.42. The molecular formula is C18H20N2O2. The summed E-state index contributed by atoms with van der Waals surface area (Å²) in [5, 5.41) is 5.81. The Labute approximate surface area is 130 Å². The van der Waals surface area contributed by atoms with E-state index in [2.05, 4.69) is 10.6 Å². The van der Waals surface area contributed by atoms with Gasteiger partial charge in [0.15, 0.2) is 0 Å². The average Bonchev–Trinajstić information content (AvgIpc) is 2.54. The molecule has 0 aliphatic rings. The Hall–Kier alpha value is -2.62. The van der Waals surface area contributed by atoms with Gasteiger partial charge in [-0.2, -0.15) is 0 Å². The quantitative estimate of drug-likeness (QED) is 0.806. The summed E-state index contributed by atoms with van der Waals surface area (Å²) in [6, 6.07) is 14.7. The van der Waals surface area contributed by atoms with Gasteiger partial charge < -0.3 is 15.4 Å². The number of aldehydes is 1. The van der Waals surface area contributed by atoms with E-state index >= 15 is 0 Å². The van der Waals surface area contributed by atoms with Gasteiger partial charge in [-0.3, -0.25) is 4.79 Å². The lowest BCUT2D eigenvalue weighted by Gasteiger charge is -2.16. The minimum atomic E-state index is -0.542. The van der Waals surface area contributed by atoms with E-state index in [-0.39, 0.29) is 5.91 Å². The summed E-state index contributed by atoms with van der Waals surface area (Å²) in [5.74, 6) is -0.240. The summed E-state index contributed by atoms with van der Waals surface area (Å²) in [6.07, 6.45) is 1.26. The molecule has 0 aliphatic heterocycles. The van der Waals surface area contributed by atoms with Crippen LogP contribution >= 0.6 is 0 Å². The molecule has 2 aromatic carbocycles. The fraction of sp³-hybridized carbons (Fsp3) is 0.222. The number of benzene rings is 2. The molecule has 1 unspecified atom stereocenters. The monoisotopic (exact) mass is 296 g/mol. The molecule has 2 rings (SSSR count). The molecule has 0 bridgehead atoms. The summed E-state index contributed by atoms with van der Waals surface area (Å²) < 4.78 is 0. The number of hydrogen-bond donors (Lipinski definition) is 2. The average molecular weight is 296 g/mol. The van der Waals surface area contributed by atoms with Crippen molar-refractivity contribution in [1.82, 2.24) is 5.32 Å². The highest BCUT2D eigenvalue weighted by atomic mass is 16.2. The number of amides is 1. The lowest BCUT2D eigenvalue weighted by atomic mass is 10.0. The van der Waals surface area contributed by atoms with Crippen LogP contribution in [0.4, 0.5) is 5.69 Å². The summed E-state index contributed by atoms with van der Waals surface area (Å²) in [7, 11) is 1.77. The molecule has 0 heterocycles. The van der Waals surface area contributed by atoms with Gasteiger partial charge in [0, 0.05) is 12.7 Å². The van der Waals surface area contributed by atoms with Crippen molar-refractivity contribution >= 4 is 17.9 Å². The van der Waals surface area contributed by atoms with E-state index in [1.54, 1.807) is 7.05 Å². The minimum absolute atomic E-state index is 0.240. The van der Waals surface area contributed by atoms with E-state index in [0.717, 1.165) is 23.1 Å². The van der Waals surface area contributed by atoms with Crippen LogP contribution in [0.1, 0.15) is 21.5 Å². The van der Waals surface area contributed by atoms with Crippen molar-refractivity contribution in [2.75, 3.05) is 12.4 Å². The Balaban J connectivity index is 2.15. The van der Waals surface area contributed by atoms with Crippen molar-refractivity contribution in [3.63, 3.8) is 0 Å². The normalized spacial score (nSPS) is 11.5. The van der Waals surface area contributed by atoms with Gasteiger partial charge in [0.1, 0.15) is 6.29 Å². The molecule has 22 heavy (non-hydrogen) atoms. The van der Waals surface area contributed by atoms with Crippen molar-refractivity contribution in [2.24, 2.45) is 0 Å². The highest BCUT2D eigenvalue weighted by Gasteiger charge is 2.17. The molecule has 2 N–H and O–H groups in total. The van der Waals surface area contributed by atoms with Gasteiger partial charge in [0.25, 0.3) is 5.91 Å². The van der Waals surface area contributed by atoms with Crippen LogP contribution in [0.2, 0.25) is 0 Å². The van der Waals surface area contributed by atoms with Crippen molar-refractivity contribution in [3.05, 3.63) is 65.2 Å². The lowest BCUT2D eigenvalue weighted by Crippen LogP contribution is -2.38. The second-order valence-corrected chi connectivity index (χ2v) is 5.15. The first-order valence-electron chi connectivity index (χ1n) is 7.23. The summed E-state index contributed by atoms with van der Waals surface area (Å²) in [5.41, 5.74) is 3.21. The molecule has 0 aliphatic carbocycles. The van der Waals surface area contributed by atoms with E-state index < -0.39 is 6.04 Å². The molecule has 4 nitrogen and oxygen atoms in total. The third-order valence-electron chi connectivity index (χ3n) is 3.55. The topological polar surface area (TPSA) is 58.2 Å². The van der Waals surface area contributed by atoms with Gasteiger partial charge in [-0.25, -0.2) is 0 Å². The maximum Gasteiger partial charge on any atom is 0.254 e. The van der Waals surface area contributed by atoms with E-state index in [9.17, 15) is 9.59 Å². The number of carbonyl (C=O) groups is 2. The first-order valence-corrected chi connectivity index (χ1v) is 7.23. The van der Waals surface area contributed by atoms with Crippen molar-refractivity contribution in [3.8, 4) is 0 Å². The van der Waals surface area contributed by atoms with Gasteiger partial charge in [0.2, 0.25) is 0 Å². The van der Waals surface area contributed by atoms with Gasteiger partial charge in [0.05, 0.1) is 11.6 Å². The number of aryl methyl sites for hydroxylation is 1. The highest BCUT2D eigenvalue weighted by molar-refractivity contribution is 6.02. The molecule has 4 heteroatoms. The van der Waals surface area contributed by atoms with E-state index in [1.165, 1.54) is 0 Å². The number of nitrogens with one attached hydrogen (secondary N) is 2. The van der Waals surface area contributed by atoms with Gasteiger partial charge in [-0.1, -0.05) is 42.5 Å². The second-order valence-electron chi connectivity index (χ2n) is 5.15. The third kappa shape index (κ3) is 3.73. The van der Waals surface area contributed by atoms with Gasteiger partial charge in [-0.15, -0.1) is 0 Å². The summed E-state index contributed by atoms with van der Waals surface area (Å²) >= 11 is 0. The fourth-order valence-electron chi connectivity index (χ4n) is 2.42. The summed E-state index contributed by atoms with van der Waals surface area (Å²) in [6.45, 7) is 1.88. The van der Waals surface area contributed by atoms with Crippen LogP contribution in [-0.2, 0) is 11.2 Å². The SMILES string of the molecule is CNc1cccc(C)c1C(=O)NC(C=O)Cc1ccccc1. The Kier molecular flexibility index (Phi) is 5.31. The lowest BCUT2D eigenvalue weighted by molar-refractivity contribution is -0.109. The zero-order valence-electron chi connectivity index (χ0n) is 12.8. The molecular weight excluding hydrogens is 276 g/mol. The van der Waals surface area contributed by atoms with Crippen molar-refractivity contribution in [2.45, 2.75) is 19.4 Å². The van der Waals surface area contributed by atoms with E-state index in [4.69, 9.17) is 0 Å². The van der Waals surface area contributed by atoms with Crippen molar-refractivity contribution < 1.29 is 9.59 Å². The predicted octanol–water partition coefficient (Wildman–Crippen LogP) is 2.58. The van der Waals surface area contributed by atoms with Crippen molar-refractivity contribution in [1.29, 1.82) is 0 Å². The van der Waals surface area contributed by atoms with E-state index in [1.807, 2.05) is 55.5 Å². The molecule has 0 aromatic heterocycles. The van der Waals surface area contributed by atoms with Crippen LogP contribution in [-0.4, -0.2) is 25.3 Å². The van der Waals surface area contributed by atoms with Gasteiger partial charge >= 0.3 is 0 Å². The van der Waals surface area contributed by atoms with Crippen LogP contribution in [0.5, 0.6) is 0 Å². The molecule has 1 amide bonds. The molecule has 0 fully saturated rings. The third-order valence-corrected chi connectivity index (χ3v) is 3.55. The largest absolute Gasteiger partial charge is 0.387 e. The molecule has 1 atom stereocenters. The maximum atomic E-state index is 12.5. The van der Waals surface area contributed by atoms with E-state index in [0.29, 0.717) is 12.0 Å². The van der Waals surface area contributed by atoms with Crippen LogP contribution in [0.3, 0.4) is 0 Å². The number of carbonyl (C=O) groups excluding carboxylic acids is 2. The van der Waals surface area contributed by atoms with Gasteiger partial charge in [-0.05, 0) is 30.5 Å². The molecule has 0 saturated heterocycles. The molecule has 2 aromatic rings. The standard InChI is InChI=1S/C18H20N2O2/c1-13-7-6-10-16(19-2)17(13)18(22)20-15(12-21)11-14-8-4-3-5-9-14/h3-10,12,15,19H,11H2,1-2H3,(H,20,22). The Morgan fingerprint density at radius 2 is 1.86 bits per heavy atom. The smallest absolute Gasteiger partial charge is 0.254 e. The van der Waals surface area contributed by atoms with Crippen LogP contribution < -0.4 is 10.6 Å². The number of rotatable bonds is 6. The first-order chi connectivity index (χ1) is 10.7. The Morgan fingerprint density at radius 1 is 1.14 bits per heavy atom. The summed E-state index contributed by atoms with van der Waals surface area (Å²) in [4.78, 5) is 23.8. The minimum Gasteiger partial charge on any atom is -0.387 e. The van der Waals surface area contributed by atoms with Crippen LogP contribution in [0.15, 0.2) is 48.5 Å².